The molecule has 9 heteroatoms. The molecule has 0 bridgehead atoms. The standard InChI is InChI=1S/C20H21N5O3S/c1-11-2-5-13(6-3-11)25-8-9-28-17(20(25)27)16(26)19-23-14-7-4-12(18(21)22)10-15(14)29-24-19/h2-7,10,16-17,26H,8-9H2,1H3,(H3,21,22)(H,23,24)/t16-,17-/m1/s1. The molecule has 29 heavy (non-hydrogen) atoms. The third-order valence-electron chi connectivity index (χ3n) is 4.83. The van der Waals surface area contributed by atoms with E-state index >= 15 is 0 Å². The number of anilines is 2. The minimum absolute atomic E-state index is 0.0272. The first-order valence-corrected chi connectivity index (χ1v) is 9.89. The minimum atomic E-state index is -1.23. The molecule has 1 fully saturated rings. The largest absolute Gasteiger partial charge is 0.384 e. The first kappa shape index (κ1) is 19.4. The normalized spacial score (nSPS) is 19.8. The molecule has 0 aliphatic carbocycles. The number of rotatable bonds is 4. The third kappa shape index (κ3) is 3.84. The molecule has 2 heterocycles. The van der Waals surface area contributed by atoms with Crippen LogP contribution in [0, 0.1) is 12.3 Å². The Bertz CT molecular complexity index is 992. The fourth-order valence-corrected chi connectivity index (χ4v) is 3.96. The lowest BCUT2D eigenvalue weighted by Gasteiger charge is -2.35. The zero-order valence-electron chi connectivity index (χ0n) is 15.8. The number of morpholine rings is 1. The van der Waals surface area contributed by atoms with Gasteiger partial charge in [-0.25, -0.2) is 0 Å². The molecule has 0 unspecified atom stereocenters. The van der Waals surface area contributed by atoms with E-state index in [1.165, 1.54) is 0 Å². The fraction of sp³-hybridized carbons (Fsp3) is 0.250. The average Bonchev–Trinajstić information content (AvgIpc) is 2.73. The summed E-state index contributed by atoms with van der Waals surface area (Å²) in [6, 6.07) is 12.9. The van der Waals surface area contributed by atoms with Crippen LogP contribution in [0.4, 0.5) is 11.4 Å². The summed E-state index contributed by atoms with van der Waals surface area (Å²) in [5.41, 5.74) is 8.72. The second kappa shape index (κ2) is 7.86. The van der Waals surface area contributed by atoms with Crippen molar-refractivity contribution in [3.63, 3.8) is 0 Å². The predicted molar refractivity (Wildman–Crippen MR) is 114 cm³/mol. The van der Waals surface area contributed by atoms with E-state index in [-0.39, 0.29) is 17.6 Å². The van der Waals surface area contributed by atoms with Gasteiger partial charge in [-0.3, -0.25) is 10.2 Å². The summed E-state index contributed by atoms with van der Waals surface area (Å²) < 4.78 is 9.90. The highest BCUT2D eigenvalue weighted by Gasteiger charge is 2.39. The number of nitrogens with two attached hydrogens (primary N) is 1. The highest BCUT2D eigenvalue weighted by Crippen LogP contribution is 2.34. The number of carbonyl (C=O) groups excluding carboxylic acids is 1. The van der Waals surface area contributed by atoms with Crippen LogP contribution >= 0.6 is 11.9 Å². The van der Waals surface area contributed by atoms with Crippen LogP contribution in [0.1, 0.15) is 11.1 Å². The van der Waals surface area contributed by atoms with Crippen molar-refractivity contribution in [3.05, 3.63) is 53.6 Å². The van der Waals surface area contributed by atoms with Crippen LogP contribution in [-0.2, 0) is 9.53 Å². The molecule has 2 aliphatic rings. The molecule has 8 nitrogen and oxygen atoms in total. The smallest absolute Gasteiger partial charge is 0.259 e. The van der Waals surface area contributed by atoms with E-state index in [0.717, 1.165) is 33.8 Å². The number of benzene rings is 2. The number of amidine groups is 2. The second-order valence-corrected chi connectivity index (χ2v) is 7.68. The summed E-state index contributed by atoms with van der Waals surface area (Å²) in [5.74, 6) is -0.0809. The third-order valence-corrected chi connectivity index (χ3v) is 5.65. The van der Waals surface area contributed by atoms with Crippen molar-refractivity contribution in [1.29, 1.82) is 5.41 Å². The average molecular weight is 411 g/mol. The number of amides is 1. The van der Waals surface area contributed by atoms with E-state index < -0.39 is 12.2 Å². The van der Waals surface area contributed by atoms with E-state index in [1.54, 1.807) is 23.1 Å². The van der Waals surface area contributed by atoms with E-state index in [4.69, 9.17) is 15.9 Å². The van der Waals surface area contributed by atoms with Crippen molar-refractivity contribution in [2.45, 2.75) is 24.0 Å². The number of nitrogens with one attached hydrogen (secondary N) is 2. The summed E-state index contributed by atoms with van der Waals surface area (Å²) in [4.78, 5) is 15.4. The number of nitrogen functional groups attached to an aromatic ring is 1. The SMILES string of the molecule is Cc1ccc(N2CCO[C@H]([C@@H](O)C3=NSc4cc(C(=N)N)ccc4N3)C2=O)cc1. The molecular formula is C20H21N5O3S. The molecular weight excluding hydrogens is 390 g/mol. The molecule has 0 spiro atoms. The van der Waals surface area contributed by atoms with Gasteiger partial charge in [0, 0.05) is 29.7 Å². The topological polar surface area (TPSA) is 124 Å². The number of ether oxygens (including phenoxy) is 1. The zero-order valence-corrected chi connectivity index (χ0v) is 16.6. The van der Waals surface area contributed by atoms with Gasteiger partial charge in [0.05, 0.1) is 17.2 Å². The van der Waals surface area contributed by atoms with Crippen molar-refractivity contribution in [1.82, 2.24) is 0 Å². The van der Waals surface area contributed by atoms with Crippen LogP contribution in [0.15, 0.2) is 51.8 Å². The lowest BCUT2D eigenvalue weighted by Crippen LogP contribution is -2.55. The maximum atomic E-state index is 13.0. The van der Waals surface area contributed by atoms with Crippen LogP contribution < -0.4 is 16.0 Å². The van der Waals surface area contributed by atoms with Gasteiger partial charge in [-0.1, -0.05) is 17.7 Å². The molecule has 0 aromatic heterocycles. The van der Waals surface area contributed by atoms with Crippen molar-refractivity contribution in [2.75, 3.05) is 23.4 Å². The van der Waals surface area contributed by atoms with Crippen molar-refractivity contribution >= 4 is 40.9 Å². The Labute approximate surface area is 172 Å². The molecule has 2 aromatic rings. The number of aliphatic hydroxyl groups is 1. The molecule has 1 saturated heterocycles. The van der Waals surface area contributed by atoms with Crippen LogP contribution in [0.25, 0.3) is 0 Å². The van der Waals surface area contributed by atoms with Crippen LogP contribution in [0.2, 0.25) is 0 Å². The monoisotopic (exact) mass is 411 g/mol. The zero-order chi connectivity index (χ0) is 20.5. The number of fused-ring (bicyclic) bond motifs is 1. The van der Waals surface area contributed by atoms with Gasteiger partial charge in [-0.15, -0.1) is 0 Å². The number of aryl methyl sites for hydroxylation is 1. The maximum Gasteiger partial charge on any atom is 0.259 e. The van der Waals surface area contributed by atoms with Gasteiger partial charge in [0.2, 0.25) is 0 Å². The number of carbonyl (C=O) groups is 1. The Morgan fingerprint density at radius 1 is 1.38 bits per heavy atom. The Hall–Kier alpha value is -2.88. The molecule has 4 rings (SSSR count). The highest BCUT2D eigenvalue weighted by atomic mass is 32.2. The van der Waals surface area contributed by atoms with Crippen LogP contribution in [-0.4, -0.2) is 48.0 Å². The van der Waals surface area contributed by atoms with E-state index in [1.807, 2.05) is 31.2 Å². The number of nitrogens with zero attached hydrogens (tertiary/aromatic N) is 2. The molecule has 150 valence electrons. The second-order valence-electron chi connectivity index (χ2n) is 6.88. The minimum Gasteiger partial charge on any atom is -0.384 e. The Morgan fingerprint density at radius 3 is 2.86 bits per heavy atom. The molecule has 1 amide bonds. The summed E-state index contributed by atoms with van der Waals surface area (Å²) in [7, 11) is 0. The van der Waals surface area contributed by atoms with Gasteiger partial charge in [0.1, 0.15) is 17.8 Å². The predicted octanol–water partition coefficient (Wildman–Crippen LogP) is 1.90. The van der Waals surface area contributed by atoms with Gasteiger partial charge in [0.25, 0.3) is 5.91 Å². The Kier molecular flexibility index (Phi) is 5.27. The molecule has 2 aromatic carbocycles. The first-order valence-electron chi connectivity index (χ1n) is 9.12. The fourth-order valence-electron chi connectivity index (χ4n) is 3.21. The van der Waals surface area contributed by atoms with Gasteiger partial charge < -0.3 is 25.8 Å². The van der Waals surface area contributed by atoms with Gasteiger partial charge in [-0.2, -0.15) is 4.40 Å². The summed E-state index contributed by atoms with van der Waals surface area (Å²) in [6.07, 6.45) is -2.28. The highest BCUT2D eigenvalue weighted by molar-refractivity contribution is 7.98. The number of aliphatic hydroxyl groups excluding tert-OH is 1. The molecule has 5 N–H and O–H groups in total. The van der Waals surface area contributed by atoms with Crippen molar-refractivity contribution < 1.29 is 14.6 Å². The Morgan fingerprint density at radius 2 is 2.14 bits per heavy atom. The quantitative estimate of drug-likeness (QED) is 0.346. The lowest BCUT2D eigenvalue weighted by molar-refractivity contribution is -0.139. The van der Waals surface area contributed by atoms with E-state index in [9.17, 15) is 9.90 Å². The summed E-state index contributed by atoms with van der Waals surface area (Å²) in [6.45, 7) is 2.73. The summed E-state index contributed by atoms with van der Waals surface area (Å²) >= 11 is 1.15. The van der Waals surface area contributed by atoms with Crippen LogP contribution in [0.3, 0.4) is 0 Å². The molecule has 0 radical (unpaired) electrons. The molecule has 2 atom stereocenters. The van der Waals surface area contributed by atoms with E-state index in [0.29, 0.717) is 18.7 Å². The first-order chi connectivity index (χ1) is 13.9. The molecule has 2 aliphatic heterocycles. The molecule has 0 saturated carbocycles. The van der Waals surface area contributed by atoms with Crippen molar-refractivity contribution in [2.24, 2.45) is 10.1 Å². The summed E-state index contributed by atoms with van der Waals surface area (Å²) in [5, 5.41) is 21.4. The van der Waals surface area contributed by atoms with Gasteiger partial charge >= 0.3 is 0 Å². The number of hydrogen-bond acceptors (Lipinski definition) is 7. The van der Waals surface area contributed by atoms with Crippen molar-refractivity contribution in [3.8, 4) is 0 Å². The Balaban J connectivity index is 1.51. The van der Waals surface area contributed by atoms with Gasteiger partial charge in [0.15, 0.2) is 6.10 Å². The van der Waals surface area contributed by atoms with E-state index in [2.05, 4.69) is 9.71 Å². The van der Waals surface area contributed by atoms with Gasteiger partial charge in [-0.05, 0) is 37.3 Å². The lowest BCUT2D eigenvalue weighted by atomic mass is 10.1. The van der Waals surface area contributed by atoms with Crippen LogP contribution in [0.5, 0.6) is 0 Å². The maximum absolute atomic E-state index is 13.0. The number of hydrogen-bond donors (Lipinski definition) is 4.